The molecule has 1 heterocycles. The number of furan rings is 1. The molecule has 1 N–H and O–H groups in total. The summed E-state index contributed by atoms with van der Waals surface area (Å²) in [4.78, 5) is 12.0. The molecule has 5 nitrogen and oxygen atoms in total. The van der Waals surface area contributed by atoms with E-state index in [1.807, 2.05) is 30.3 Å². The summed E-state index contributed by atoms with van der Waals surface area (Å²) in [5, 5.41) is 3.98. The maximum absolute atomic E-state index is 12.9. The Labute approximate surface area is 166 Å². The maximum atomic E-state index is 12.9. The molecule has 0 unspecified atom stereocenters. The van der Waals surface area contributed by atoms with Crippen molar-refractivity contribution in [2.24, 2.45) is 5.10 Å². The number of nitrogens with one attached hydrogen (secondary N) is 1. The number of benzene rings is 2. The van der Waals surface area contributed by atoms with Crippen molar-refractivity contribution >= 4 is 23.9 Å². The Morgan fingerprint density at radius 2 is 2.04 bits per heavy atom. The number of carbonyl (C=O) groups excluding carboxylic acids is 1. The number of amides is 1. The van der Waals surface area contributed by atoms with Crippen molar-refractivity contribution < 1.29 is 18.3 Å². The molecule has 28 heavy (non-hydrogen) atoms. The molecule has 7 heteroatoms. The van der Waals surface area contributed by atoms with Gasteiger partial charge in [0.2, 0.25) is 0 Å². The predicted molar refractivity (Wildman–Crippen MR) is 108 cm³/mol. The molecule has 0 aliphatic rings. The summed E-state index contributed by atoms with van der Waals surface area (Å²) < 4.78 is 23.7. The highest BCUT2D eigenvalue weighted by molar-refractivity contribution is 7.97. The van der Waals surface area contributed by atoms with Crippen LogP contribution < -0.4 is 10.2 Å². The van der Waals surface area contributed by atoms with Crippen LogP contribution in [0.15, 0.2) is 70.4 Å². The van der Waals surface area contributed by atoms with Gasteiger partial charge in [-0.25, -0.2) is 9.82 Å². The van der Waals surface area contributed by atoms with E-state index in [0.717, 1.165) is 34.1 Å². The van der Waals surface area contributed by atoms with E-state index >= 15 is 0 Å². The number of ether oxygens (including phenoxy) is 1. The van der Waals surface area contributed by atoms with Crippen LogP contribution in [0.5, 0.6) is 5.75 Å². The van der Waals surface area contributed by atoms with Gasteiger partial charge in [-0.3, -0.25) is 4.79 Å². The zero-order valence-corrected chi connectivity index (χ0v) is 16.0. The van der Waals surface area contributed by atoms with E-state index in [1.54, 1.807) is 31.3 Å². The van der Waals surface area contributed by atoms with Gasteiger partial charge in [0.15, 0.2) is 0 Å². The number of hydrogen-bond acceptors (Lipinski definition) is 5. The van der Waals surface area contributed by atoms with Gasteiger partial charge in [-0.2, -0.15) is 5.10 Å². The molecule has 0 bridgehead atoms. The summed E-state index contributed by atoms with van der Waals surface area (Å²) in [5.41, 5.74) is 4.62. The van der Waals surface area contributed by atoms with E-state index in [9.17, 15) is 9.18 Å². The molecular formula is C21H19FN2O3S. The highest BCUT2D eigenvalue weighted by Crippen LogP contribution is 2.26. The lowest BCUT2D eigenvalue weighted by Crippen LogP contribution is -2.17. The van der Waals surface area contributed by atoms with Crippen LogP contribution in [-0.4, -0.2) is 19.2 Å². The molecule has 0 radical (unpaired) electrons. The van der Waals surface area contributed by atoms with Gasteiger partial charge in [-0.1, -0.05) is 0 Å². The minimum Gasteiger partial charge on any atom is -0.496 e. The van der Waals surface area contributed by atoms with Gasteiger partial charge in [0, 0.05) is 16.9 Å². The molecule has 0 atom stereocenters. The molecule has 2 aromatic carbocycles. The number of carbonyl (C=O) groups is 1. The number of nitrogens with zero attached hydrogens (tertiary/aromatic N) is 1. The van der Waals surface area contributed by atoms with Gasteiger partial charge in [0.05, 0.1) is 25.3 Å². The van der Waals surface area contributed by atoms with E-state index in [0.29, 0.717) is 5.56 Å². The smallest absolute Gasteiger partial charge is 0.271 e. The molecule has 0 spiro atoms. The average molecular weight is 398 g/mol. The van der Waals surface area contributed by atoms with Crippen molar-refractivity contribution in [1.82, 2.24) is 5.43 Å². The lowest BCUT2D eigenvalue weighted by molar-refractivity contribution is 0.0955. The molecule has 1 amide bonds. The van der Waals surface area contributed by atoms with Crippen molar-refractivity contribution in [3.8, 4) is 5.75 Å². The van der Waals surface area contributed by atoms with Gasteiger partial charge in [0.1, 0.15) is 17.3 Å². The molecule has 0 aliphatic heterocycles. The zero-order chi connectivity index (χ0) is 19.8. The normalized spacial score (nSPS) is 10.9. The summed E-state index contributed by atoms with van der Waals surface area (Å²) in [7, 11) is 1.63. The lowest BCUT2D eigenvalue weighted by Gasteiger charge is -2.09. The molecule has 0 saturated carbocycles. The number of rotatable bonds is 8. The Kier molecular flexibility index (Phi) is 6.86. The van der Waals surface area contributed by atoms with Gasteiger partial charge in [-0.15, -0.1) is 11.8 Å². The second-order valence-electron chi connectivity index (χ2n) is 5.85. The van der Waals surface area contributed by atoms with Crippen LogP contribution in [0.2, 0.25) is 0 Å². The summed E-state index contributed by atoms with van der Waals surface area (Å²) >= 11 is 1.71. The molecular weight excluding hydrogens is 379 g/mol. The second-order valence-corrected chi connectivity index (χ2v) is 6.84. The lowest BCUT2D eigenvalue weighted by atomic mass is 10.1. The summed E-state index contributed by atoms with van der Waals surface area (Å²) in [6, 6.07) is 14.8. The highest BCUT2D eigenvalue weighted by Gasteiger charge is 2.06. The maximum Gasteiger partial charge on any atom is 0.271 e. The number of hydrazone groups is 1. The molecule has 3 rings (SSSR count). The Morgan fingerprint density at radius 3 is 2.75 bits per heavy atom. The van der Waals surface area contributed by atoms with Crippen LogP contribution in [0.3, 0.4) is 0 Å². The van der Waals surface area contributed by atoms with Crippen LogP contribution in [0.1, 0.15) is 27.2 Å². The van der Waals surface area contributed by atoms with Gasteiger partial charge < -0.3 is 9.15 Å². The average Bonchev–Trinajstić information content (AvgIpc) is 3.22. The molecule has 0 aliphatic carbocycles. The van der Waals surface area contributed by atoms with E-state index in [2.05, 4.69) is 10.5 Å². The Bertz CT molecular complexity index is 941. The zero-order valence-electron chi connectivity index (χ0n) is 15.2. The van der Waals surface area contributed by atoms with Crippen LogP contribution in [0.4, 0.5) is 4.39 Å². The third kappa shape index (κ3) is 5.47. The van der Waals surface area contributed by atoms with E-state index in [4.69, 9.17) is 9.15 Å². The van der Waals surface area contributed by atoms with Crippen molar-refractivity contribution in [3.05, 3.63) is 89.1 Å². The fourth-order valence-corrected chi connectivity index (χ4v) is 3.39. The second kappa shape index (κ2) is 9.75. The van der Waals surface area contributed by atoms with E-state index in [1.165, 1.54) is 24.3 Å². The summed E-state index contributed by atoms with van der Waals surface area (Å²) in [6.45, 7) is 0. The van der Waals surface area contributed by atoms with Crippen molar-refractivity contribution in [3.63, 3.8) is 0 Å². The third-order valence-corrected chi connectivity index (χ3v) is 4.88. The minimum absolute atomic E-state index is 0.336. The SMILES string of the molecule is COc1ccc(C=NNC(=O)c2ccc(F)cc2)cc1CSCc1ccco1. The molecule has 3 aromatic rings. The number of halogens is 1. The number of hydrogen-bond donors (Lipinski definition) is 1. The van der Waals surface area contributed by atoms with E-state index < -0.39 is 11.7 Å². The fraction of sp³-hybridized carbons (Fsp3) is 0.143. The van der Waals surface area contributed by atoms with Crippen LogP contribution in [-0.2, 0) is 11.5 Å². The molecule has 0 saturated heterocycles. The summed E-state index contributed by atoms with van der Waals surface area (Å²) in [5.74, 6) is 2.43. The quantitative estimate of drug-likeness (QED) is 0.444. The molecule has 1 aromatic heterocycles. The first-order valence-corrected chi connectivity index (χ1v) is 9.67. The van der Waals surface area contributed by atoms with Crippen LogP contribution in [0.25, 0.3) is 0 Å². The molecule has 144 valence electrons. The van der Waals surface area contributed by atoms with Gasteiger partial charge in [0.25, 0.3) is 5.91 Å². The summed E-state index contributed by atoms with van der Waals surface area (Å²) in [6.07, 6.45) is 3.22. The standard InChI is InChI=1S/C21H19FN2O3S/c1-26-20-9-4-15(11-17(20)13-28-14-19-3-2-10-27-19)12-23-24-21(25)16-5-7-18(22)8-6-16/h2-12H,13-14H2,1H3,(H,24,25). The van der Waals surface area contributed by atoms with Crippen LogP contribution >= 0.6 is 11.8 Å². The largest absolute Gasteiger partial charge is 0.496 e. The Morgan fingerprint density at radius 1 is 1.21 bits per heavy atom. The third-order valence-electron chi connectivity index (χ3n) is 3.87. The first kappa shape index (κ1) is 19.7. The molecule has 0 fully saturated rings. The topological polar surface area (TPSA) is 63.8 Å². The predicted octanol–water partition coefficient (Wildman–Crippen LogP) is 4.62. The van der Waals surface area contributed by atoms with Gasteiger partial charge >= 0.3 is 0 Å². The first-order valence-electron chi connectivity index (χ1n) is 8.51. The number of thioether (sulfide) groups is 1. The fourth-order valence-electron chi connectivity index (χ4n) is 2.48. The van der Waals surface area contributed by atoms with Crippen molar-refractivity contribution in [2.45, 2.75) is 11.5 Å². The minimum atomic E-state index is -0.404. The Balaban J connectivity index is 1.60. The highest BCUT2D eigenvalue weighted by atomic mass is 32.2. The first-order chi connectivity index (χ1) is 13.7. The van der Waals surface area contributed by atoms with Crippen molar-refractivity contribution in [2.75, 3.05) is 7.11 Å². The Hall–Kier alpha value is -3.06. The monoisotopic (exact) mass is 398 g/mol. The van der Waals surface area contributed by atoms with Crippen LogP contribution in [0, 0.1) is 5.82 Å². The number of methoxy groups -OCH3 is 1. The van der Waals surface area contributed by atoms with Gasteiger partial charge in [-0.05, 0) is 60.2 Å². The van der Waals surface area contributed by atoms with E-state index in [-0.39, 0.29) is 0 Å². The van der Waals surface area contributed by atoms with Crippen molar-refractivity contribution in [1.29, 1.82) is 0 Å².